The average molecular weight is 466 g/mol. The molecule has 1 fully saturated rings. The van der Waals surface area contributed by atoms with Gasteiger partial charge in [0, 0.05) is 31.9 Å². The van der Waals surface area contributed by atoms with E-state index in [1.54, 1.807) is 17.0 Å². The lowest BCUT2D eigenvalue weighted by atomic mass is 9.93. The minimum absolute atomic E-state index is 0.125. The number of rotatable bonds is 9. The highest BCUT2D eigenvalue weighted by atomic mass is 16.5. The zero-order valence-corrected chi connectivity index (χ0v) is 21.0. The Kier molecular flexibility index (Phi) is 7.99. The Morgan fingerprint density at radius 1 is 1.06 bits per heavy atom. The summed E-state index contributed by atoms with van der Waals surface area (Å²) in [4.78, 5) is 31.9. The van der Waals surface area contributed by atoms with E-state index in [-0.39, 0.29) is 11.3 Å². The molecule has 0 aliphatic carbocycles. The minimum Gasteiger partial charge on any atom is -0.507 e. The summed E-state index contributed by atoms with van der Waals surface area (Å²) in [5.74, 6) is -0.699. The van der Waals surface area contributed by atoms with Crippen LogP contribution in [0.1, 0.15) is 36.1 Å². The molecule has 1 N–H and O–H groups in total. The van der Waals surface area contributed by atoms with Gasteiger partial charge in [-0.15, -0.1) is 0 Å². The first kappa shape index (κ1) is 25.3. The second kappa shape index (κ2) is 10.7. The second-order valence-electron chi connectivity index (χ2n) is 9.05. The average Bonchev–Trinajstić information content (AvgIpc) is 3.04. The summed E-state index contributed by atoms with van der Waals surface area (Å²) >= 11 is 0. The summed E-state index contributed by atoms with van der Waals surface area (Å²) < 4.78 is 5.55. The molecule has 1 saturated heterocycles. The number of likely N-dealkylation sites (tertiary alicyclic amines) is 1. The zero-order chi connectivity index (χ0) is 25.0. The summed E-state index contributed by atoms with van der Waals surface area (Å²) in [5, 5.41) is 11.3. The number of aryl methyl sites for hydroxylation is 1. The number of aliphatic hydroxyl groups is 1. The van der Waals surface area contributed by atoms with Crippen LogP contribution in [0.4, 0.5) is 5.69 Å². The fourth-order valence-corrected chi connectivity index (χ4v) is 4.27. The maximum Gasteiger partial charge on any atom is 0.295 e. The summed E-state index contributed by atoms with van der Waals surface area (Å²) in [7, 11) is 7.86. The first-order chi connectivity index (χ1) is 16.1. The van der Waals surface area contributed by atoms with Crippen LogP contribution < -0.4 is 9.64 Å². The molecule has 7 heteroatoms. The van der Waals surface area contributed by atoms with E-state index in [1.165, 1.54) is 0 Å². The highest BCUT2D eigenvalue weighted by molar-refractivity contribution is 6.46. The lowest BCUT2D eigenvalue weighted by Gasteiger charge is -2.26. The molecule has 1 atom stereocenters. The van der Waals surface area contributed by atoms with Crippen LogP contribution in [0.15, 0.2) is 48.0 Å². The Morgan fingerprint density at radius 3 is 2.29 bits per heavy atom. The van der Waals surface area contributed by atoms with Gasteiger partial charge >= 0.3 is 0 Å². The third-order valence-corrected chi connectivity index (χ3v) is 6.03. The van der Waals surface area contributed by atoms with E-state index in [4.69, 9.17) is 4.74 Å². The van der Waals surface area contributed by atoms with Crippen LogP contribution >= 0.6 is 0 Å². The van der Waals surface area contributed by atoms with E-state index < -0.39 is 17.7 Å². The minimum atomic E-state index is -0.655. The number of Topliss-reactive ketones (excluding diaryl/α,β-unsaturated/α-hetero) is 1. The standard InChI is InChI=1S/C27H35N3O4/c1-7-34-21-13-14-22(18(2)17-21)25(31)23-24(19-9-11-20(12-10-19)29(5)6)30(27(33)26(23)32)16-8-15-28(3)4/h9-14,17,24,31H,7-8,15-16H2,1-6H3/t24-/m1/s1. The second-order valence-corrected chi connectivity index (χ2v) is 9.05. The fraction of sp³-hybridized carbons (Fsp3) is 0.407. The van der Waals surface area contributed by atoms with E-state index in [0.29, 0.717) is 30.9 Å². The molecule has 0 radical (unpaired) electrons. The van der Waals surface area contributed by atoms with Crippen LogP contribution in [0, 0.1) is 6.92 Å². The Balaban J connectivity index is 2.10. The monoisotopic (exact) mass is 465 g/mol. The Bertz CT molecular complexity index is 1070. The lowest BCUT2D eigenvalue weighted by molar-refractivity contribution is -0.139. The highest BCUT2D eigenvalue weighted by Gasteiger charge is 2.45. The van der Waals surface area contributed by atoms with E-state index in [9.17, 15) is 14.7 Å². The number of benzene rings is 2. The van der Waals surface area contributed by atoms with Gasteiger partial charge in [0.25, 0.3) is 11.7 Å². The van der Waals surface area contributed by atoms with Crippen LogP contribution in [0.2, 0.25) is 0 Å². The van der Waals surface area contributed by atoms with Gasteiger partial charge in [-0.25, -0.2) is 0 Å². The number of ether oxygens (including phenoxy) is 1. The number of carbonyl (C=O) groups excluding carboxylic acids is 2. The first-order valence-electron chi connectivity index (χ1n) is 11.6. The SMILES string of the molecule is CCOc1ccc(C(O)=C2C(=O)C(=O)N(CCCN(C)C)[C@@H]2c2ccc(N(C)C)cc2)c(C)c1. The molecule has 1 aliphatic rings. The van der Waals surface area contributed by atoms with Gasteiger partial charge in [-0.3, -0.25) is 9.59 Å². The Labute approximate surface area is 202 Å². The van der Waals surface area contributed by atoms with E-state index in [1.807, 2.05) is 82.2 Å². The molecule has 34 heavy (non-hydrogen) atoms. The quantitative estimate of drug-likeness (QED) is 0.345. The molecule has 1 aliphatic heterocycles. The van der Waals surface area contributed by atoms with Crippen LogP contribution in [0.3, 0.4) is 0 Å². The molecule has 0 saturated carbocycles. The smallest absolute Gasteiger partial charge is 0.295 e. The van der Waals surface area contributed by atoms with Gasteiger partial charge in [-0.2, -0.15) is 0 Å². The molecule has 7 nitrogen and oxygen atoms in total. The Hall–Kier alpha value is -3.32. The van der Waals surface area contributed by atoms with Crippen LogP contribution in [-0.4, -0.2) is 74.5 Å². The number of hydrogen-bond donors (Lipinski definition) is 1. The number of ketones is 1. The molecule has 0 bridgehead atoms. The van der Waals surface area contributed by atoms with Crippen LogP contribution in [0.5, 0.6) is 5.75 Å². The number of hydrogen-bond acceptors (Lipinski definition) is 6. The van der Waals surface area contributed by atoms with E-state index in [0.717, 1.165) is 23.4 Å². The molecule has 2 aromatic carbocycles. The van der Waals surface area contributed by atoms with E-state index in [2.05, 4.69) is 0 Å². The molecule has 0 unspecified atom stereocenters. The highest BCUT2D eigenvalue weighted by Crippen LogP contribution is 2.40. The predicted molar refractivity (Wildman–Crippen MR) is 135 cm³/mol. The summed E-state index contributed by atoms with van der Waals surface area (Å²) in [6, 6.07) is 12.4. The third-order valence-electron chi connectivity index (χ3n) is 6.03. The van der Waals surface area contributed by atoms with Gasteiger partial charge in [0.1, 0.15) is 11.5 Å². The summed E-state index contributed by atoms with van der Waals surface area (Å²) in [6.07, 6.45) is 0.717. The summed E-state index contributed by atoms with van der Waals surface area (Å²) in [5.41, 5.74) is 3.21. The van der Waals surface area contributed by atoms with Gasteiger partial charge in [-0.05, 0) is 82.4 Å². The van der Waals surface area contributed by atoms with Gasteiger partial charge in [-0.1, -0.05) is 12.1 Å². The summed E-state index contributed by atoms with van der Waals surface area (Å²) in [6.45, 7) is 5.50. The van der Waals surface area contributed by atoms with Crippen LogP contribution in [0.25, 0.3) is 5.76 Å². The molecule has 0 aromatic heterocycles. The van der Waals surface area contributed by atoms with Crippen molar-refractivity contribution in [3.8, 4) is 5.75 Å². The van der Waals surface area contributed by atoms with E-state index >= 15 is 0 Å². The third kappa shape index (κ3) is 5.25. The molecule has 182 valence electrons. The van der Waals surface area contributed by atoms with Crippen molar-refractivity contribution in [2.75, 3.05) is 52.8 Å². The number of amides is 1. The number of anilines is 1. The van der Waals surface area contributed by atoms with Gasteiger partial charge < -0.3 is 24.5 Å². The van der Waals surface area contributed by atoms with Crippen molar-refractivity contribution < 1.29 is 19.4 Å². The maximum absolute atomic E-state index is 13.2. The van der Waals surface area contributed by atoms with Crippen molar-refractivity contribution in [2.24, 2.45) is 0 Å². The number of nitrogens with zero attached hydrogens (tertiary/aromatic N) is 3. The first-order valence-corrected chi connectivity index (χ1v) is 11.6. The fourth-order valence-electron chi connectivity index (χ4n) is 4.27. The molecule has 3 rings (SSSR count). The molecule has 1 heterocycles. The van der Waals surface area contributed by atoms with Crippen molar-refractivity contribution in [1.29, 1.82) is 0 Å². The van der Waals surface area contributed by atoms with Crippen LogP contribution in [-0.2, 0) is 9.59 Å². The predicted octanol–water partition coefficient (Wildman–Crippen LogP) is 3.83. The Morgan fingerprint density at radius 2 is 1.74 bits per heavy atom. The molecule has 2 aromatic rings. The maximum atomic E-state index is 13.2. The molecule has 1 amide bonds. The normalized spacial score (nSPS) is 17.5. The van der Waals surface area contributed by atoms with Gasteiger partial charge in [0.05, 0.1) is 18.2 Å². The largest absolute Gasteiger partial charge is 0.507 e. The molecule has 0 spiro atoms. The van der Waals surface area contributed by atoms with Crippen molar-refractivity contribution in [1.82, 2.24) is 9.80 Å². The van der Waals surface area contributed by atoms with Crippen molar-refractivity contribution in [3.05, 3.63) is 64.7 Å². The van der Waals surface area contributed by atoms with Crippen molar-refractivity contribution >= 4 is 23.1 Å². The zero-order valence-electron chi connectivity index (χ0n) is 21.0. The number of carbonyl (C=O) groups is 2. The van der Waals surface area contributed by atoms with Gasteiger partial charge in [0.2, 0.25) is 0 Å². The molecular weight excluding hydrogens is 430 g/mol. The van der Waals surface area contributed by atoms with Crippen molar-refractivity contribution in [2.45, 2.75) is 26.3 Å². The van der Waals surface area contributed by atoms with Gasteiger partial charge in [0.15, 0.2) is 0 Å². The van der Waals surface area contributed by atoms with Crippen molar-refractivity contribution in [3.63, 3.8) is 0 Å². The molecular formula is C27H35N3O4. The topological polar surface area (TPSA) is 73.3 Å². The number of aliphatic hydroxyl groups excluding tert-OH is 1. The lowest BCUT2D eigenvalue weighted by Crippen LogP contribution is -2.32.